The molecular weight excluding hydrogens is 314 g/mol. The van der Waals surface area contributed by atoms with Crippen molar-refractivity contribution in [2.75, 3.05) is 24.7 Å². The molecule has 0 aromatic heterocycles. The third-order valence-electron chi connectivity index (χ3n) is 2.37. The van der Waals surface area contributed by atoms with Crippen LogP contribution in [0.1, 0.15) is 13.8 Å². The van der Waals surface area contributed by atoms with Crippen molar-refractivity contribution >= 4 is 25.7 Å². The van der Waals surface area contributed by atoms with Gasteiger partial charge in [-0.05, 0) is 26.0 Å². The van der Waals surface area contributed by atoms with Crippen molar-refractivity contribution in [1.29, 1.82) is 0 Å². The van der Waals surface area contributed by atoms with Crippen LogP contribution in [0.25, 0.3) is 0 Å². The molecule has 0 heterocycles. The number of rotatable bonds is 8. The minimum absolute atomic E-state index is 0.137. The molecule has 0 spiro atoms. The molecule has 0 amide bonds. The minimum atomic E-state index is -3.61. The summed E-state index contributed by atoms with van der Waals surface area (Å²) in [4.78, 5) is 0.137. The van der Waals surface area contributed by atoms with Crippen LogP contribution in [-0.2, 0) is 20.0 Å². The van der Waals surface area contributed by atoms with Crippen molar-refractivity contribution in [3.05, 3.63) is 24.3 Å². The lowest BCUT2D eigenvalue weighted by Crippen LogP contribution is -2.31. The predicted octanol–water partition coefficient (Wildman–Crippen LogP) is 0.334. The maximum absolute atomic E-state index is 12.2. The molecule has 1 rings (SSSR count). The molecule has 3 N–H and O–H groups in total. The van der Waals surface area contributed by atoms with Crippen molar-refractivity contribution in [3.63, 3.8) is 0 Å². The van der Waals surface area contributed by atoms with E-state index in [0.717, 1.165) is 6.26 Å². The van der Waals surface area contributed by atoms with E-state index in [1.165, 1.54) is 6.07 Å². The van der Waals surface area contributed by atoms with Gasteiger partial charge in [0.2, 0.25) is 20.0 Å². The fourth-order valence-corrected chi connectivity index (χ4v) is 3.56. The van der Waals surface area contributed by atoms with Crippen LogP contribution in [-0.4, -0.2) is 42.2 Å². The summed E-state index contributed by atoms with van der Waals surface area (Å²) >= 11 is 0. The number of benzene rings is 1. The molecule has 21 heavy (non-hydrogen) atoms. The van der Waals surface area contributed by atoms with Crippen LogP contribution in [0.5, 0.6) is 0 Å². The summed E-state index contributed by atoms with van der Waals surface area (Å²) in [6, 6.07) is 6.26. The smallest absolute Gasteiger partial charge is 0.242 e. The second-order valence-corrected chi connectivity index (χ2v) is 8.38. The molecular formula is C12H21N3O4S2. The molecule has 0 saturated heterocycles. The van der Waals surface area contributed by atoms with Crippen LogP contribution in [0.3, 0.4) is 0 Å². The summed E-state index contributed by atoms with van der Waals surface area (Å²) in [5, 5.41) is 2.92. The Bertz CT molecular complexity index is 669. The zero-order chi connectivity index (χ0) is 16.1. The number of nitrogens with one attached hydrogen (secondary N) is 3. The highest BCUT2D eigenvalue weighted by Crippen LogP contribution is 2.20. The number of hydrogen-bond donors (Lipinski definition) is 3. The van der Waals surface area contributed by atoms with Gasteiger partial charge >= 0.3 is 0 Å². The van der Waals surface area contributed by atoms with E-state index in [1.54, 1.807) is 32.0 Å². The van der Waals surface area contributed by atoms with Crippen molar-refractivity contribution in [1.82, 2.24) is 9.44 Å². The van der Waals surface area contributed by atoms with Crippen molar-refractivity contribution in [2.45, 2.75) is 24.8 Å². The van der Waals surface area contributed by atoms with E-state index in [1.807, 2.05) is 0 Å². The highest BCUT2D eigenvalue weighted by atomic mass is 32.2. The lowest BCUT2D eigenvalue weighted by atomic mass is 10.3. The number of anilines is 1. The van der Waals surface area contributed by atoms with E-state index < -0.39 is 20.0 Å². The zero-order valence-electron chi connectivity index (χ0n) is 12.3. The Morgan fingerprint density at radius 3 is 2.24 bits per heavy atom. The van der Waals surface area contributed by atoms with E-state index in [9.17, 15) is 16.8 Å². The first-order chi connectivity index (χ1) is 9.62. The number of para-hydroxylation sites is 1. The standard InChI is InChI=1S/C12H21N3O4S2/c1-10(2)15-21(18,19)12-7-5-4-6-11(12)13-8-9-14-20(3,16)17/h4-7,10,13-15H,8-9H2,1-3H3. The minimum Gasteiger partial charge on any atom is -0.383 e. The highest BCUT2D eigenvalue weighted by Gasteiger charge is 2.18. The first-order valence-electron chi connectivity index (χ1n) is 6.42. The van der Waals surface area contributed by atoms with Crippen LogP contribution in [0.4, 0.5) is 5.69 Å². The molecule has 0 bridgehead atoms. The third kappa shape index (κ3) is 6.42. The van der Waals surface area contributed by atoms with Crippen molar-refractivity contribution < 1.29 is 16.8 Å². The topological polar surface area (TPSA) is 104 Å². The van der Waals surface area contributed by atoms with Crippen LogP contribution in [0.2, 0.25) is 0 Å². The maximum atomic E-state index is 12.2. The van der Waals surface area contributed by atoms with Gasteiger partial charge in [0, 0.05) is 19.1 Å². The summed E-state index contributed by atoms with van der Waals surface area (Å²) in [6.45, 7) is 3.93. The predicted molar refractivity (Wildman–Crippen MR) is 83.2 cm³/mol. The SMILES string of the molecule is CC(C)NS(=O)(=O)c1ccccc1NCCNS(C)(=O)=O. The summed E-state index contributed by atoms with van der Waals surface area (Å²) in [6.07, 6.45) is 1.07. The second-order valence-electron chi connectivity index (χ2n) is 4.87. The van der Waals surface area contributed by atoms with Gasteiger partial charge in [0.1, 0.15) is 4.90 Å². The van der Waals surface area contributed by atoms with Crippen molar-refractivity contribution in [2.24, 2.45) is 0 Å². The Hall–Kier alpha value is -1.16. The molecule has 1 aromatic rings. The molecule has 0 aliphatic rings. The van der Waals surface area contributed by atoms with E-state index in [4.69, 9.17) is 0 Å². The van der Waals surface area contributed by atoms with Gasteiger partial charge in [-0.15, -0.1) is 0 Å². The molecule has 120 valence electrons. The van der Waals surface area contributed by atoms with Crippen LogP contribution >= 0.6 is 0 Å². The van der Waals surface area contributed by atoms with E-state index in [0.29, 0.717) is 5.69 Å². The fraction of sp³-hybridized carbons (Fsp3) is 0.500. The number of hydrogen-bond acceptors (Lipinski definition) is 5. The van der Waals surface area contributed by atoms with E-state index in [-0.39, 0.29) is 24.0 Å². The lowest BCUT2D eigenvalue weighted by Gasteiger charge is -2.14. The normalized spacial score (nSPS) is 12.6. The Labute approximate surface area is 126 Å². The number of sulfonamides is 2. The first kappa shape index (κ1) is 17.9. The average molecular weight is 335 g/mol. The first-order valence-corrected chi connectivity index (χ1v) is 9.79. The Morgan fingerprint density at radius 1 is 1.05 bits per heavy atom. The highest BCUT2D eigenvalue weighted by molar-refractivity contribution is 7.89. The largest absolute Gasteiger partial charge is 0.383 e. The monoisotopic (exact) mass is 335 g/mol. The average Bonchev–Trinajstić information content (AvgIpc) is 2.32. The fourth-order valence-electron chi connectivity index (χ4n) is 1.65. The summed E-state index contributed by atoms with van der Waals surface area (Å²) in [5.41, 5.74) is 0.431. The maximum Gasteiger partial charge on any atom is 0.242 e. The Balaban J connectivity index is 2.81. The summed E-state index contributed by atoms with van der Waals surface area (Å²) in [5.74, 6) is 0. The van der Waals surface area contributed by atoms with Gasteiger partial charge in [0.05, 0.1) is 11.9 Å². The van der Waals surface area contributed by atoms with Gasteiger partial charge in [-0.2, -0.15) is 0 Å². The molecule has 1 aromatic carbocycles. The molecule has 7 nitrogen and oxygen atoms in total. The molecule has 9 heteroatoms. The van der Waals surface area contributed by atoms with Crippen LogP contribution in [0.15, 0.2) is 29.2 Å². The molecule has 0 atom stereocenters. The zero-order valence-corrected chi connectivity index (χ0v) is 13.9. The van der Waals surface area contributed by atoms with Crippen LogP contribution < -0.4 is 14.8 Å². The van der Waals surface area contributed by atoms with Gasteiger partial charge in [0.15, 0.2) is 0 Å². The van der Waals surface area contributed by atoms with E-state index >= 15 is 0 Å². The molecule has 0 unspecified atom stereocenters. The molecule has 0 aliphatic carbocycles. The molecule has 0 saturated carbocycles. The molecule has 0 radical (unpaired) electrons. The van der Waals surface area contributed by atoms with Gasteiger partial charge in [-0.1, -0.05) is 12.1 Å². The summed E-state index contributed by atoms with van der Waals surface area (Å²) in [7, 11) is -6.86. The Morgan fingerprint density at radius 2 is 1.67 bits per heavy atom. The van der Waals surface area contributed by atoms with Gasteiger partial charge in [-0.3, -0.25) is 0 Å². The van der Waals surface area contributed by atoms with Gasteiger partial charge in [-0.25, -0.2) is 26.3 Å². The summed E-state index contributed by atoms with van der Waals surface area (Å²) < 4.78 is 51.1. The second kappa shape index (κ2) is 7.21. The van der Waals surface area contributed by atoms with Gasteiger partial charge < -0.3 is 5.32 Å². The van der Waals surface area contributed by atoms with E-state index in [2.05, 4.69) is 14.8 Å². The van der Waals surface area contributed by atoms with Crippen molar-refractivity contribution in [3.8, 4) is 0 Å². The lowest BCUT2D eigenvalue weighted by molar-refractivity contribution is 0.569. The molecule has 0 fully saturated rings. The quantitative estimate of drug-likeness (QED) is 0.594. The van der Waals surface area contributed by atoms with Gasteiger partial charge in [0.25, 0.3) is 0 Å². The van der Waals surface area contributed by atoms with Crippen LogP contribution in [0, 0.1) is 0 Å². The molecule has 0 aliphatic heterocycles. The third-order valence-corrected chi connectivity index (χ3v) is 4.82. The Kier molecular flexibility index (Phi) is 6.14.